The number of nitro benzene ring substituents is 1. The van der Waals surface area contributed by atoms with E-state index in [1.807, 2.05) is 0 Å². The first kappa shape index (κ1) is 16.9. The maximum absolute atomic E-state index is 12.8. The second kappa shape index (κ2) is 6.15. The Bertz CT molecular complexity index is 848. The van der Waals surface area contributed by atoms with Gasteiger partial charge >= 0.3 is 6.18 Å². The lowest BCUT2D eigenvalue weighted by molar-refractivity contribution is -0.384. The molecule has 1 aliphatic carbocycles. The Kier molecular flexibility index (Phi) is 4.15. The molecule has 0 radical (unpaired) electrons. The van der Waals surface area contributed by atoms with Crippen LogP contribution in [0.2, 0.25) is 0 Å². The second-order valence-electron chi connectivity index (χ2n) is 5.68. The SMILES string of the molecule is O=C(Nc1cc(-c2ccc(C(F)(F)F)cc2[N+](=O)[O-])ccn1)C1CC1. The Labute approximate surface area is 139 Å². The van der Waals surface area contributed by atoms with Crippen LogP contribution in [0.25, 0.3) is 11.1 Å². The molecular weight excluding hydrogens is 339 g/mol. The van der Waals surface area contributed by atoms with Gasteiger partial charge in [0.2, 0.25) is 5.91 Å². The number of nitrogens with one attached hydrogen (secondary N) is 1. The van der Waals surface area contributed by atoms with E-state index >= 15 is 0 Å². The van der Waals surface area contributed by atoms with Crippen molar-refractivity contribution >= 4 is 17.4 Å². The first-order valence-corrected chi connectivity index (χ1v) is 7.38. The molecule has 0 saturated heterocycles. The molecule has 0 bridgehead atoms. The molecule has 3 rings (SSSR count). The van der Waals surface area contributed by atoms with Crippen molar-refractivity contribution in [3.8, 4) is 11.1 Å². The van der Waals surface area contributed by atoms with Crippen LogP contribution in [0.3, 0.4) is 0 Å². The number of hydrogen-bond donors (Lipinski definition) is 1. The number of pyridine rings is 1. The molecule has 0 atom stereocenters. The van der Waals surface area contributed by atoms with E-state index in [0.717, 1.165) is 25.0 Å². The van der Waals surface area contributed by atoms with E-state index in [4.69, 9.17) is 0 Å². The summed E-state index contributed by atoms with van der Waals surface area (Å²) in [5.74, 6) is -0.0407. The molecule has 0 spiro atoms. The van der Waals surface area contributed by atoms with Gasteiger partial charge in [-0.1, -0.05) is 0 Å². The van der Waals surface area contributed by atoms with Crippen LogP contribution in [-0.4, -0.2) is 15.8 Å². The average Bonchev–Trinajstić information content (AvgIpc) is 3.38. The van der Waals surface area contributed by atoms with Gasteiger partial charge in [0, 0.05) is 18.2 Å². The van der Waals surface area contributed by atoms with Crippen molar-refractivity contribution in [3.63, 3.8) is 0 Å². The Morgan fingerprint density at radius 3 is 2.56 bits per heavy atom. The van der Waals surface area contributed by atoms with Crippen molar-refractivity contribution in [1.82, 2.24) is 4.98 Å². The van der Waals surface area contributed by atoms with E-state index in [9.17, 15) is 28.1 Å². The predicted octanol–water partition coefficient (Wildman–Crippen LogP) is 4.02. The molecule has 9 heteroatoms. The molecule has 1 fully saturated rings. The molecule has 0 aliphatic heterocycles. The normalized spacial score (nSPS) is 14.2. The molecule has 1 aliphatic rings. The van der Waals surface area contributed by atoms with Gasteiger partial charge in [0.15, 0.2) is 0 Å². The number of halogens is 3. The number of benzene rings is 1. The minimum Gasteiger partial charge on any atom is -0.310 e. The van der Waals surface area contributed by atoms with Gasteiger partial charge < -0.3 is 5.32 Å². The first-order valence-electron chi connectivity index (χ1n) is 7.38. The predicted molar refractivity (Wildman–Crippen MR) is 82.7 cm³/mol. The number of nitrogens with zero attached hydrogens (tertiary/aromatic N) is 2. The number of anilines is 1. The maximum Gasteiger partial charge on any atom is 0.416 e. The largest absolute Gasteiger partial charge is 0.416 e. The number of carbonyl (C=O) groups is 1. The van der Waals surface area contributed by atoms with E-state index in [1.54, 1.807) is 0 Å². The highest BCUT2D eigenvalue weighted by Gasteiger charge is 2.33. The van der Waals surface area contributed by atoms with Gasteiger partial charge in [-0.25, -0.2) is 4.98 Å². The van der Waals surface area contributed by atoms with Crippen LogP contribution in [0.1, 0.15) is 18.4 Å². The molecule has 1 N–H and O–H groups in total. The lowest BCUT2D eigenvalue weighted by Gasteiger charge is -2.10. The molecule has 2 aromatic rings. The number of alkyl halides is 3. The lowest BCUT2D eigenvalue weighted by Crippen LogP contribution is -2.14. The molecular formula is C16H12F3N3O3. The second-order valence-corrected chi connectivity index (χ2v) is 5.68. The Balaban J connectivity index is 1.97. The highest BCUT2D eigenvalue weighted by Crippen LogP contribution is 2.37. The van der Waals surface area contributed by atoms with Crippen molar-refractivity contribution < 1.29 is 22.9 Å². The van der Waals surface area contributed by atoms with E-state index in [-0.39, 0.29) is 23.2 Å². The summed E-state index contributed by atoms with van der Waals surface area (Å²) in [6.07, 6.45) is -1.74. The highest BCUT2D eigenvalue weighted by atomic mass is 19.4. The number of rotatable bonds is 4. The van der Waals surface area contributed by atoms with Crippen LogP contribution in [-0.2, 0) is 11.0 Å². The minimum absolute atomic E-state index is 0.0160. The van der Waals surface area contributed by atoms with Gasteiger partial charge in [0.1, 0.15) is 5.82 Å². The van der Waals surface area contributed by atoms with Crippen LogP contribution >= 0.6 is 0 Å². The smallest absolute Gasteiger partial charge is 0.310 e. The monoisotopic (exact) mass is 351 g/mol. The summed E-state index contributed by atoms with van der Waals surface area (Å²) in [6, 6.07) is 5.16. The molecule has 1 heterocycles. The zero-order valence-corrected chi connectivity index (χ0v) is 12.7. The van der Waals surface area contributed by atoms with Crippen LogP contribution in [0.15, 0.2) is 36.5 Å². The maximum atomic E-state index is 12.8. The van der Waals surface area contributed by atoms with Crippen LogP contribution in [0.4, 0.5) is 24.7 Å². The molecule has 1 amide bonds. The van der Waals surface area contributed by atoms with Gasteiger partial charge in [-0.15, -0.1) is 0 Å². The molecule has 25 heavy (non-hydrogen) atoms. The number of hydrogen-bond acceptors (Lipinski definition) is 4. The standard InChI is InChI=1S/C16H12F3N3O3/c17-16(18,19)11-3-4-12(13(8-11)22(24)25)10-5-6-20-14(7-10)21-15(23)9-1-2-9/h3-9H,1-2H2,(H,20,21,23). The van der Waals surface area contributed by atoms with Gasteiger partial charge in [-0.05, 0) is 42.7 Å². The van der Waals surface area contributed by atoms with Crippen molar-refractivity contribution in [2.45, 2.75) is 19.0 Å². The van der Waals surface area contributed by atoms with Gasteiger partial charge in [0.25, 0.3) is 5.69 Å². The molecule has 6 nitrogen and oxygen atoms in total. The van der Waals surface area contributed by atoms with Gasteiger partial charge in [-0.2, -0.15) is 13.2 Å². The summed E-state index contributed by atoms with van der Waals surface area (Å²) in [5.41, 5.74) is -1.45. The van der Waals surface area contributed by atoms with Gasteiger partial charge in [0.05, 0.1) is 16.1 Å². The third kappa shape index (κ3) is 3.76. The summed E-state index contributed by atoms with van der Waals surface area (Å²) < 4.78 is 38.3. The van der Waals surface area contributed by atoms with Crippen LogP contribution in [0.5, 0.6) is 0 Å². The zero-order chi connectivity index (χ0) is 18.2. The quantitative estimate of drug-likeness (QED) is 0.666. The molecule has 1 saturated carbocycles. The number of nitro groups is 1. The fraction of sp³-hybridized carbons (Fsp3) is 0.250. The van der Waals surface area contributed by atoms with E-state index in [2.05, 4.69) is 10.3 Å². The molecule has 1 aromatic carbocycles. The first-order chi connectivity index (χ1) is 11.8. The summed E-state index contributed by atoms with van der Waals surface area (Å²) in [4.78, 5) is 26.1. The average molecular weight is 351 g/mol. The van der Waals surface area contributed by atoms with Crippen molar-refractivity contribution in [3.05, 3.63) is 52.2 Å². The summed E-state index contributed by atoms with van der Waals surface area (Å²) in [5, 5.41) is 13.8. The minimum atomic E-state index is -4.68. The molecule has 130 valence electrons. The fourth-order valence-corrected chi connectivity index (χ4v) is 2.34. The van der Waals surface area contributed by atoms with E-state index < -0.39 is 22.4 Å². The summed E-state index contributed by atoms with van der Waals surface area (Å²) in [7, 11) is 0. The van der Waals surface area contributed by atoms with Crippen LogP contribution in [0, 0.1) is 16.0 Å². The highest BCUT2D eigenvalue weighted by molar-refractivity contribution is 5.93. The Morgan fingerprint density at radius 2 is 1.96 bits per heavy atom. The lowest BCUT2D eigenvalue weighted by atomic mass is 10.0. The number of carbonyl (C=O) groups excluding carboxylic acids is 1. The van der Waals surface area contributed by atoms with E-state index in [0.29, 0.717) is 11.6 Å². The number of amides is 1. The van der Waals surface area contributed by atoms with Crippen molar-refractivity contribution in [2.24, 2.45) is 5.92 Å². The Hall–Kier alpha value is -2.97. The van der Waals surface area contributed by atoms with Gasteiger partial charge in [-0.3, -0.25) is 14.9 Å². The Morgan fingerprint density at radius 1 is 1.24 bits per heavy atom. The number of aromatic nitrogens is 1. The summed E-state index contributed by atoms with van der Waals surface area (Å²) in [6.45, 7) is 0. The van der Waals surface area contributed by atoms with E-state index in [1.165, 1.54) is 18.3 Å². The third-order valence-electron chi connectivity index (χ3n) is 3.79. The topological polar surface area (TPSA) is 85.1 Å². The third-order valence-corrected chi connectivity index (χ3v) is 3.79. The van der Waals surface area contributed by atoms with Crippen molar-refractivity contribution in [1.29, 1.82) is 0 Å². The zero-order valence-electron chi connectivity index (χ0n) is 12.7. The van der Waals surface area contributed by atoms with Crippen molar-refractivity contribution in [2.75, 3.05) is 5.32 Å². The molecule has 0 unspecified atom stereocenters. The fourth-order valence-electron chi connectivity index (χ4n) is 2.34. The summed E-state index contributed by atoms with van der Waals surface area (Å²) >= 11 is 0. The van der Waals surface area contributed by atoms with Crippen LogP contribution < -0.4 is 5.32 Å². The molecule has 1 aromatic heterocycles.